The van der Waals surface area contributed by atoms with Crippen LogP contribution in [0.15, 0.2) is 83.8 Å². The fraction of sp³-hybridized carbons (Fsp3) is 0.208. The molecule has 0 heterocycles. The van der Waals surface area contributed by atoms with Crippen molar-refractivity contribution in [2.45, 2.75) is 17.9 Å². The number of aryl methyl sites for hydroxylation is 1. The third kappa shape index (κ3) is 5.71. The van der Waals surface area contributed by atoms with Gasteiger partial charge in [0, 0.05) is 12.1 Å². The quantitative estimate of drug-likeness (QED) is 0.561. The molecule has 0 unspecified atom stereocenters. The molecule has 3 aromatic rings. The van der Waals surface area contributed by atoms with E-state index < -0.39 is 10.0 Å². The second-order valence-corrected chi connectivity index (χ2v) is 9.23. The number of benzene rings is 3. The minimum atomic E-state index is -3.74. The van der Waals surface area contributed by atoms with E-state index in [9.17, 15) is 13.2 Å². The van der Waals surface area contributed by atoms with Gasteiger partial charge in [-0.15, -0.1) is 0 Å². The first-order valence-corrected chi connectivity index (χ1v) is 11.4. The first kappa shape index (κ1) is 22.5. The summed E-state index contributed by atoms with van der Waals surface area (Å²) in [6.07, 6.45) is 0. The number of rotatable bonds is 8. The second-order valence-electron chi connectivity index (χ2n) is 7.54. The summed E-state index contributed by atoms with van der Waals surface area (Å²) < 4.78 is 27.9. The third-order valence-corrected chi connectivity index (χ3v) is 6.46. The van der Waals surface area contributed by atoms with Crippen molar-refractivity contribution in [2.24, 2.45) is 0 Å². The Kier molecular flexibility index (Phi) is 7.09. The molecule has 0 spiro atoms. The van der Waals surface area contributed by atoms with E-state index in [4.69, 9.17) is 0 Å². The van der Waals surface area contributed by atoms with Gasteiger partial charge in [-0.2, -0.15) is 0 Å². The smallest absolute Gasteiger partial charge is 0.261 e. The van der Waals surface area contributed by atoms with Gasteiger partial charge in [-0.25, -0.2) is 8.42 Å². The largest absolute Gasteiger partial charge is 0.350 e. The molecular weight excluding hydrogens is 410 g/mol. The normalized spacial score (nSPS) is 12.4. The zero-order valence-electron chi connectivity index (χ0n) is 17.9. The first-order valence-electron chi connectivity index (χ1n) is 9.96. The molecule has 0 bridgehead atoms. The lowest BCUT2D eigenvalue weighted by Gasteiger charge is -2.25. The van der Waals surface area contributed by atoms with Crippen LogP contribution in [0.2, 0.25) is 0 Å². The minimum absolute atomic E-state index is 0.0307. The van der Waals surface area contributed by atoms with Gasteiger partial charge in [-0.05, 0) is 62.5 Å². The Bertz CT molecular complexity index is 1130. The SMILES string of the molecule is Cc1ccccc1NS(=O)(=O)c1ccc(C(=O)NC[C@H](c2ccccc2)N(C)C)cc1. The van der Waals surface area contributed by atoms with Gasteiger partial charge < -0.3 is 10.2 Å². The van der Waals surface area contributed by atoms with Crippen molar-refractivity contribution in [3.63, 3.8) is 0 Å². The van der Waals surface area contributed by atoms with E-state index in [0.29, 0.717) is 17.8 Å². The summed E-state index contributed by atoms with van der Waals surface area (Å²) in [6.45, 7) is 2.27. The lowest BCUT2D eigenvalue weighted by atomic mass is 10.1. The van der Waals surface area contributed by atoms with Gasteiger partial charge in [0.05, 0.1) is 16.6 Å². The summed E-state index contributed by atoms with van der Waals surface area (Å²) in [5.74, 6) is -0.251. The molecule has 0 aliphatic rings. The predicted octanol–water partition coefficient (Wildman–Crippen LogP) is 3.83. The lowest BCUT2D eigenvalue weighted by Crippen LogP contribution is -2.34. The maximum Gasteiger partial charge on any atom is 0.261 e. The van der Waals surface area contributed by atoms with E-state index in [2.05, 4.69) is 10.0 Å². The molecule has 0 saturated heterocycles. The van der Waals surface area contributed by atoms with Crippen LogP contribution in [-0.2, 0) is 10.0 Å². The van der Waals surface area contributed by atoms with Gasteiger partial charge in [0.15, 0.2) is 0 Å². The molecule has 3 rings (SSSR count). The number of anilines is 1. The minimum Gasteiger partial charge on any atom is -0.350 e. The fourth-order valence-electron chi connectivity index (χ4n) is 3.24. The standard InChI is InChI=1S/C24H27N3O3S/c1-18-9-7-8-12-22(18)26-31(29,30)21-15-13-20(14-16-21)24(28)25-17-23(27(2)3)19-10-5-4-6-11-19/h4-16,23,26H,17H2,1-3H3,(H,25,28)/t23-/m1/s1. The fourth-order valence-corrected chi connectivity index (χ4v) is 4.37. The predicted molar refractivity (Wildman–Crippen MR) is 124 cm³/mol. The summed E-state index contributed by atoms with van der Waals surface area (Å²) in [6, 6.07) is 23.1. The highest BCUT2D eigenvalue weighted by atomic mass is 32.2. The van der Waals surface area contributed by atoms with Gasteiger partial charge in [-0.3, -0.25) is 9.52 Å². The maximum absolute atomic E-state index is 12.7. The Hall–Kier alpha value is -3.16. The molecule has 1 atom stereocenters. The van der Waals surface area contributed by atoms with Crippen LogP contribution in [-0.4, -0.2) is 39.9 Å². The van der Waals surface area contributed by atoms with Crippen molar-refractivity contribution >= 4 is 21.6 Å². The van der Waals surface area contributed by atoms with E-state index in [-0.39, 0.29) is 16.8 Å². The van der Waals surface area contributed by atoms with E-state index in [0.717, 1.165) is 11.1 Å². The van der Waals surface area contributed by atoms with E-state index in [1.807, 2.05) is 68.4 Å². The molecule has 0 fully saturated rings. The maximum atomic E-state index is 12.7. The molecular formula is C24H27N3O3S. The number of amides is 1. The van der Waals surface area contributed by atoms with Crippen molar-refractivity contribution in [3.05, 3.63) is 95.6 Å². The van der Waals surface area contributed by atoms with Crippen molar-refractivity contribution in [1.29, 1.82) is 0 Å². The van der Waals surface area contributed by atoms with Crippen LogP contribution < -0.4 is 10.0 Å². The molecule has 0 aliphatic carbocycles. The van der Waals surface area contributed by atoms with E-state index in [1.165, 1.54) is 24.3 Å². The molecule has 3 aromatic carbocycles. The second kappa shape index (κ2) is 9.76. The molecule has 0 aromatic heterocycles. The number of hydrogen-bond acceptors (Lipinski definition) is 4. The third-order valence-electron chi connectivity index (χ3n) is 5.08. The monoisotopic (exact) mass is 437 g/mol. The summed E-state index contributed by atoms with van der Waals surface area (Å²) in [4.78, 5) is 14.7. The number of carbonyl (C=O) groups excluding carboxylic acids is 1. The first-order chi connectivity index (χ1) is 14.8. The number of likely N-dealkylation sites (N-methyl/N-ethyl adjacent to an activating group) is 1. The van der Waals surface area contributed by atoms with Gasteiger partial charge in [0.1, 0.15) is 0 Å². The number of carbonyl (C=O) groups is 1. The zero-order chi connectivity index (χ0) is 22.4. The molecule has 0 radical (unpaired) electrons. The molecule has 1 amide bonds. The summed E-state index contributed by atoms with van der Waals surface area (Å²) in [5.41, 5.74) is 2.87. The molecule has 7 heteroatoms. The highest BCUT2D eigenvalue weighted by Crippen LogP contribution is 2.20. The van der Waals surface area contributed by atoms with Crippen molar-refractivity contribution < 1.29 is 13.2 Å². The van der Waals surface area contributed by atoms with Gasteiger partial charge in [0.2, 0.25) is 0 Å². The summed E-state index contributed by atoms with van der Waals surface area (Å²) >= 11 is 0. The number of nitrogens with one attached hydrogen (secondary N) is 2. The molecule has 31 heavy (non-hydrogen) atoms. The van der Waals surface area contributed by atoms with Crippen LogP contribution in [0.25, 0.3) is 0 Å². The molecule has 162 valence electrons. The molecule has 0 aliphatic heterocycles. The average Bonchev–Trinajstić information content (AvgIpc) is 2.76. The number of nitrogens with zero attached hydrogens (tertiary/aromatic N) is 1. The zero-order valence-corrected chi connectivity index (χ0v) is 18.7. The van der Waals surface area contributed by atoms with Crippen LogP contribution in [0.4, 0.5) is 5.69 Å². The van der Waals surface area contributed by atoms with Crippen LogP contribution >= 0.6 is 0 Å². The Morgan fingerprint density at radius 2 is 1.52 bits per heavy atom. The van der Waals surface area contributed by atoms with Crippen LogP contribution in [0.5, 0.6) is 0 Å². The van der Waals surface area contributed by atoms with E-state index >= 15 is 0 Å². The van der Waals surface area contributed by atoms with Gasteiger partial charge in [0.25, 0.3) is 15.9 Å². The molecule has 0 saturated carbocycles. The van der Waals surface area contributed by atoms with Crippen molar-refractivity contribution in [2.75, 3.05) is 25.4 Å². The van der Waals surface area contributed by atoms with Gasteiger partial charge in [-0.1, -0.05) is 48.5 Å². The number of para-hydroxylation sites is 1. The molecule has 2 N–H and O–H groups in total. The molecule has 6 nitrogen and oxygen atoms in total. The summed E-state index contributed by atoms with van der Waals surface area (Å²) in [5, 5.41) is 2.94. The topological polar surface area (TPSA) is 78.5 Å². The van der Waals surface area contributed by atoms with Crippen LogP contribution in [0.1, 0.15) is 27.5 Å². The Labute approximate surface area is 184 Å². The lowest BCUT2D eigenvalue weighted by molar-refractivity contribution is 0.0942. The highest BCUT2D eigenvalue weighted by molar-refractivity contribution is 7.92. The number of hydrogen-bond donors (Lipinski definition) is 2. The van der Waals surface area contributed by atoms with Crippen LogP contribution in [0.3, 0.4) is 0 Å². The van der Waals surface area contributed by atoms with Gasteiger partial charge >= 0.3 is 0 Å². The van der Waals surface area contributed by atoms with E-state index in [1.54, 1.807) is 12.1 Å². The Morgan fingerprint density at radius 3 is 2.13 bits per heavy atom. The van der Waals surface area contributed by atoms with Crippen molar-refractivity contribution in [1.82, 2.24) is 10.2 Å². The average molecular weight is 438 g/mol. The highest BCUT2D eigenvalue weighted by Gasteiger charge is 2.18. The summed E-state index contributed by atoms with van der Waals surface area (Å²) in [7, 11) is 0.187. The number of sulfonamides is 1. The Morgan fingerprint density at radius 1 is 0.903 bits per heavy atom. The van der Waals surface area contributed by atoms with Crippen molar-refractivity contribution in [3.8, 4) is 0 Å². The Balaban J connectivity index is 1.68. The van der Waals surface area contributed by atoms with Crippen LogP contribution in [0, 0.1) is 6.92 Å².